The first-order valence-corrected chi connectivity index (χ1v) is 11.8. The van der Waals surface area contributed by atoms with E-state index in [-0.39, 0.29) is 5.02 Å². The van der Waals surface area contributed by atoms with Crippen molar-refractivity contribution in [2.75, 3.05) is 23.3 Å². The first kappa shape index (κ1) is 21.1. The molecule has 1 aliphatic heterocycles. The number of nitrogens with one attached hydrogen (secondary N) is 1. The number of nitrogens with zero attached hydrogens (tertiary/aromatic N) is 4. The summed E-state index contributed by atoms with van der Waals surface area (Å²) in [5.74, 6) is 0.581. The highest BCUT2D eigenvalue weighted by Crippen LogP contribution is 2.36. The van der Waals surface area contributed by atoms with Crippen LogP contribution in [0.4, 0.5) is 15.3 Å². The minimum atomic E-state index is -0.414. The van der Waals surface area contributed by atoms with Crippen LogP contribution < -0.4 is 10.2 Å². The van der Waals surface area contributed by atoms with E-state index in [1.807, 2.05) is 13.0 Å². The van der Waals surface area contributed by atoms with Gasteiger partial charge in [0.15, 0.2) is 5.13 Å². The van der Waals surface area contributed by atoms with E-state index in [4.69, 9.17) is 16.6 Å². The van der Waals surface area contributed by atoms with Gasteiger partial charge in [-0.05, 0) is 62.1 Å². The van der Waals surface area contributed by atoms with Crippen LogP contribution in [0.5, 0.6) is 0 Å². The lowest BCUT2D eigenvalue weighted by Gasteiger charge is -2.33. The van der Waals surface area contributed by atoms with E-state index in [9.17, 15) is 4.39 Å². The molecule has 0 saturated carbocycles. The highest BCUT2D eigenvalue weighted by atomic mass is 35.5. The lowest BCUT2D eigenvalue weighted by Crippen LogP contribution is -2.39. The van der Waals surface area contributed by atoms with Crippen LogP contribution in [0.1, 0.15) is 24.1 Å². The number of aryl methyl sites for hydroxylation is 2. The molecule has 8 heteroatoms. The molecule has 0 spiro atoms. The van der Waals surface area contributed by atoms with Crippen molar-refractivity contribution in [3.8, 4) is 11.1 Å². The number of hydrogen-bond donors (Lipinski definition) is 1. The second-order valence-corrected chi connectivity index (χ2v) is 9.67. The van der Waals surface area contributed by atoms with Gasteiger partial charge in [0.05, 0.1) is 15.2 Å². The predicted molar refractivity (Wildman–Crippen MR) is 130 cm³/mol. The molecule has 1 saturated heterocycles. The maximum atomic E-state index is 13.7. The Balaban J connectivity index is 1.35. The molecule has 1 fully saturated rings. The van der Waals surface area contributed by atoms with E-state index in [0.717, 1.165) is 69.5 Å². The molecule has 1 aliphatic rings. The molecule has 0 aliphatic carbocycles. The van der Waals surface area contributed by atoms with Crippen molar-refractivity contribution in [1.82, 2.24) is 15.0 Å². The van der Waals surface area contributed by atoms with E-state index in [1.165, 1.54) is 6.07 Å². The number of aromatic nitrogens is 3. The van der Waals surface area contributed by atoms with Gasteiger partial charge < -0.3 is 10.2 Å². The van der Waals surface area contributed by atoms with E-state index < -0.39 is 5.82 Å². The van der Waals surface area contributed by atoms with Crippen molar-refractivity contribution in [3.05, 3.63) is 64.8 Å². The molecule has 2 aromatic carbocycles. The summed E-state index contributed by atoms with van der Waals surface area (Å²) in [5, 5.41) is 4.67. The van der Waals surface area contributed by atoms with Crippen LogP contribution in [-0.2, 0) is 0 Å². The Bertz CT molecular complexity index is 1280. The van der Waals surface area contributed by atoms with Crippen molar-refractivity contribution in [3.63, 3.8) is 0 Å². The lowest BCUT2D eigenvalue weighted by molar-refractivity contribution is 0.523. The fraction of sp³-hybridized carbons (Fsp3) is 0.292. The number of hydrogen-bond acceptors (Lipinski definition) is 6. The van der Waals surface area contributed by atoms with Gasteiger partial charge >= 0.3 is 0 Å². The topological polar surface area (TPSA) is 53.9 Å². The quantitative estimate of drug-likeness (QED) is 0.384. The Morgan fingerprint density at radius 2 is 1.91 bits per heavy atom. The molecule has 164 valence electrons. The maximum absolute atomic E-state index is 13.7. The molecular weight excluding hydrogens is 445 g/mol. The van der Waals surface area contributed by atoms with Crippen molar-refractivity contribution < 1.29 is 4.39 Å². The van der Waals surface area contributed by atoms with E-state index in [1.54, 1.807) is 29.8 Å². The summed E-state index contributed by atoms with van der Waals surface area (Å²) in [4.78, 5) is 15.8. The zero-order valence-electron chi connectivity index (χ0n) is 17.9. The van der Waals surface area contributed by atoms with Crippen LogP contribution in [-0.4, -0.2) is 34.1 Å². The Morgan fingerprint density at radius 3 is 2.66 bits per heavy atom. The van der Waals surface area contributed by atoms with Gasteiger partial charge in [0.25, 0.3) is 0 Å². The normalized spacial score (nSPS) is 14.8. The highest BCUT2D eigenvalue weighted by molar-refractivity contribution is 7.22. The Morgan fingerprint density at radius 1 is 1.09 bits per heavy atom. The molecule has 0 radical (unpaired) electrons. The largest absolute Gasteiger partial charge is 0.359 e. The van der Waals surface area contributed by atoms with Crippen molar-refractivity contribution in [2.24, 2.45) is 0 Å². The molecule has 0 bridgehead atoms. The first-order chi connectivity index (χ1) is 15.5. The second-order valence-electron chi connectivity index (χ2n) is 8.23. The average molecular weight is 468 g/mol. The van der Waals surface area contributed by atoms with Gasteiger partial charge in [-0.1, -0.05) is 29.0 Å². The zero-order valence-corrected chi connectivity index (χ0v) is 19.5. The van der Waals surface area contributed by atoms with Gasteiger partial charge in [0.2, 0.25) is 0 Å². The monoisotopic (exact) mass is 467 g/mol. The van der Waals surface area contributed by atoms with Gasteiger partial charge in [0, 0.05) is 36.5 Å². The smallest absolute Gasteiger partial charge is 0.184 e. The minimum absolute atomic E-state index is 0.122. The van der Waals surface area contributed by atoms with Crippen LogP contribution >= 0.6 is 22.9 Å². The third-order valence-electron chi connectivity index (χ3n) is 5.81. The molecule has 0 unspecified atom stereocenters. The zero-order chi connectivity index (χ0) is 22.2. The SMILES string of the molecule is Cc1cc(-c2ccc(F)c(Cl)c2)c2nc(NC3CCN(c4cc(C)ncn4)CC3)sc2c1. The van der Waals surface area contributed by atoms with Gasteiger partial charge in [-0.15, -0.1) is 0 Å². The number of fused-ring (bicyclic) bond motifs is 1. The molecular formula is C24H23ClFN5S. The first-order valence-electron chi connectivity index (χ1n) is 10.6. The van der Waals surface area contributed by atoms with Gasteiger partial charge in [0.1, 0.15) is 18.0 Å². The van der Waals surface area contributed by atoms with Crippen LogP contribution in [0.25, 0.3) is 21.3 Å². The Kier molecular flexibility index (Phi) is 5.69. The molecule has 5 nitrogen and oxygen atoms in total. The van der Waals surface area contributed by atoms with Crippen molar-refractivity contribution in [2.45, 2.75) is 32.7 Å². The van der Waals surface area contributed by atoms with Crippen molar-refractivity contribution >= 4 is 44.1 Å². The number of thiazole rings is 1. The second kappa shape index (κ2) is 8.64. The predicted octanol–water partition coefficient (Wildman–Crippen LogP) is 6.24. The summed E-state index contributed by atoms with van der Waals surface area (Å²) in [6, 6.07) is 11.5. The van der Waals surface area contributed by atoms with Crippen molar-refractivity contribution in [1.29, 1.82) is 0 Å². The average Bonchev–Trinajstić information content (AvgIpc) is 3.17. The standard InChI is InChI=1S/C24H23ClFN5S/c1-14-9-18(16-3-4-20(26)19(25)12-16)23-21(10-14)32-24(30-23)29-17-5-7-31(8-6-17)22-11-15(2)27-13-28-22/h3-4,9-13,17H,5-8H2,1-2H3,(H,29,30). The Hall–Kier alpha value is -2.77. The van der Waals surface area contributed by atoms with E-state index in [2.05, 4.69) is 39.2 Å². The number of halogens is 2. The van der Waals surface area contributed by atoms with Gasteiger partial charge in [-0.25, -0.2) is 19.3 Å². The van der Waals surface area contributed by atoms with Gasteiger partial charge in [-0.3, -0.25) is 0 Å². The fourth-order valence-corrected chi connectivity index (χ4v) is 5.40. The fourth-order valence-electron chi connectivity index (χ4n) is 4.15. The van der Waals surface area contributed by atoms with Crippen LogP contribution in [0, 0.1) is 19.7 Å². The summed E-state index contributed by atoms with van der Waals surface area (Å²) in [6.45, 7) is 5.93. The summed E-state index contributed by atoms with van der Waals surface area (Å²) in [7, 11) is 0. The summed E-state index contributed by atoms with van der Waals surface area (Å²) in [5.41, 5.74) is 4.88. The summed E-state index contributed by atoms with van der Waals surface area (Å²) in [6.07, 6.45) is 3.65. The molecule has 0 amide bonds. The number of piperidine rings is 1. The molecule has 32 heavy (non-hydrogen) atoms. The number of anilines is 2. The molecule has 1 N–H and O–H groups in total. The minimum Gasteiger partial charge on any atom is -0.359 e. The summed E-state index contributed by atoms with van der Waals surface area (Å²) >= 11 is 7.69. The third-order valence-corrected chi connectivity index (χ3v) is 7.03. The number of benzene rings is 2. The van der Waals surface area contributed by atoms with Gasteiger partial charge in [-0.2, -0.15) is 0 Å². The maximum Gasteiger partial charge on any atom is 0.184 e. The molecule has 5 rings (SSSR count). The van der Waals surface area contributed by atoms with E-state index in [0.29, 0.717) is 6.04 Å². The lowest BCUT2D eigenvalue weighted by atomic mass is 10.0. The highest BCUT2D eigenvalue weighted by Gasteiger charge is 2.22. The van der Waals surface area contributed by atoms with E-state index >= 15 is 0 Å². The molecule has 0 atom stereocenters. The van der Waals surface area contributed by atoms with Crippen LogP contribution in [0.3, 0.4) is 0 Å². The Labute approximate surface area is 195 Å². The van der Waals surface area contributed by atoms with Crippen LogP contribution in [0.15, 0.2) is 42.7 Å². The molecule has 4 aromatic rings. The third kappa shape index (κ3) is 4.27. The summed E-state index contributed by atoms with van der Waals surface area (Å²) < 4.78 is 14.8. The molecule has 2 aromatic heterocycles. The number of rotatable bonds is 4. The van der Waals surface area contributed by atoms with Crippen LogP contribution in [0.2, 0.25) is 5.02 Å². The molecule has 3 heterocycles.